The van der Waals surface area contributed by atoms with Crippen molar-refractivity contribution >= 4 is 5.97 Å². The topological polar surface area (TPSA) is 26.3 Å². The summed E-state index contributed by atoms with van der Waals surface area (Å²) >= 11 is 0. The summed E-state index contributed by atoms with van der Waals surface area (Å²) in [5.74, 6) is -0.972. The van der Waals surface area contributed by atoms with Gasteiger partial charge in [0.15, 0.2) is 0 Å². The van der Waals surface area contributed by atoms with Crippen LogP contribution in [0, 0.1) is 0 Å². The molecule has 0 aliphatic heterocycles. The number of hydrogen-bond acceptors (Lipinski definition) is 2. The van der Waals surface area contributed by atoms with E-state index in [0.717, 1.165) is 0 Å². The molecule has 0 fully saturated rings. The number of halogens is 3. The standard InChI is InChI=1S/C13H13F3O2/c1-2-18-12(17)9-11(13(14,15)16)8-10-6-4-3-5-7-10/h3-7,9H,2,8H2,1H3. The fourth-order valence-corrected chi connectivity index (χ4v) is 1.38. The third-order valence-electron chi connectivity index (χ3n) is 2.18. The fraction of sp³-hybridized carbons (Fsp3) is 0.308. The van der Waals surface area contributed by atoms with Crippen molar-refractivity contribution in [3.63, 3.8) is 0 Å². The fourth-order valence-electron chi connectivity index (χ4n) is 1.38. The van der Waals surface area contributed by atoms with Crippen LogP contribution in [0.2, 0.25) is 0 Å². The Balaban J connectivity index is 2.90. The zero-order chi connectivity index (χ0) is 13.6. The smallest absolute Gasteiger partial charge is 0.413 e. The Hall–Kier alpha value is -1.78. The molecule has 0 unspecified atom stereocenters. The number of alkyl halides is 3. The summed E-state index contributed by atoms with van der Waals surface area (Å²) < 4.78 is 42.7. The molecule has 1 rings (SSSR count). The number of rotatable bonds is 4. The van der Waals surface area contributed by atoms with Crippen LogP contribution in [0.4, 0.5) is 13.2 Å². The lowest BCUT2D eigenvalue weighted by Crippen LogP contribution is -2.16. The number of carbonyl (C=O) groups is 1. The van der Waals surface area contributed by atoms with Crippen LogP contribution in [-0.2, 0) is 16.0 Å². The van der Waals surface area contributed by atoms with Gasteiger partial charge in [0.1, 0.15) is 0 Å². The number of allylic oxidation sites excluding steroid dienone is 1. The molecule has 0 amide bonds. The van der Waals surface area contributed by atoms with Crippen molar-refractivity contribution in [2.24, 2.45) is 0 Å². The molecule has 98 valence electrons. The average Bonchev–Trinajstić information content (AvgIpc) is 2.28. The molecule has 0 saturated heterocycles. The summed E-state index contributed by atoms with van der Waals surface area (Å²) in [6.07, 6.45) is -4.37. The van der Waals surface area contributed by atoms with Crippen molar-refractivity contribution in [1.82, 2.24) is 0 Å². The first kappa shape index (κ1) is 14.3. The van der Waals surface area contributed by atoms with Gasteiger partial charge in [-0.05, 0) is 12.5 Å². The highest BCUT2D eigenvalue weighted by atomic mass is 19.4. The van der Waals surface area contributed by atoms with E-state index < -0.39 is 17.7 Å². The van der Waals surface area contributed by atoms with E-state index in [9.17, 15) is 18.0 Å². The normalized spacial score (nSPS) is 12.3. The molecule has 2 nitrogen and oxygen atoms in total. The monoisotopic (exact) mass is 258 g/mol. The third kappa shape index (κ3) is 4.61. The maximum atomic E-state index is 12.7. The number of benzene rings is 1. The number of ether oxygens (including phenoxy) is 1. The summed E-state index contributed by atoms with van der Waals surface area (Å²) in [6, 6.07) is 8.16. The van der Waals surface area contributed by atoms with Gasteiger partial charge in [0.05, 0.1) is 6.61 Å². The van der Waals surface area contributed by atoms with Crippen LogP contribution < -0.4 is 0 Å². The zero-order valence-electron chi connectivity index (χ0n) is 9.83. The van der Waals surface area contributed by atoms with Gasteiger partial charge in [-0.3, -0.25) is 0 Å². The van der Waals surface area contributed by atoms with Crippen LogP contribution in [0.1, 0.15) is 12.5 Å². The molecule has 0 bridgehead atoms. The Morgan fingerprint density at radius 2 is 1.89 bits per heavy atom. The molecule has 0 radical (unpaired) electrons. The maximum Gasteiger partial charge on any atom is 0.413 e. The average molecular weight is 258 g/mol. The molecule has 18 heavy (non-hydrogen) atoms. The van der Waals surface area contributed by atoms with Crippen LogP contribution in [0.5, 0.6) is 0 Å². The second kappa shape index (κ2) is 6.23. The van der Waals surface area contributed by atoms with Gasteiger partial charge in [0.25, 0.3) is 0 Å². The summed E-state index contributed by atoms with van der Waals surface area (Å²) in [5, 5.41) is 0. The van der Waals surface area contributed by atoms with Gasteiger partial charge < -0.3 is 4.74 Å². The highest BCUT2D eigenvalue weighted by Gasteiger charge is 2.34. The van der Waals surface area contributed by atoms with Gasteiger partial charge in [-0.15, -0.1) is 0 Å². The second-order valence-corrected chi connectivity index (χ2v) is 3.58. The van der Waals surface area contributed by atoms with E-state index in [1.165, 1.54) is 6.92 Å². The van der Waals surface area contributed by atoms with Crippen LogP contribution in [0.3, 0.4) is 0 Å². The van der Waals surface area contributed by atoms with Gasteiger partial charge >= 0.3 is 12.1 Å². The van der Waals surface area contributed by atoms with Crippen molar-refractivity contribution in [2.75, 3.05) is 6.61 Å². The predicted octanol–water partition coefficient (Wildman–Crippen LogP) is 3.28. The molecule has 5 heteroatoms. The minimum absolute atomic E-state index is 0.0474. The lowest BCUT2D eigenvalue weighted by molar-refractivity contribution is -0.138. The van der Waals surface area contributed by atoms with E-state index in [1.807, 2.05) is 0 Å². The van der Waals surface area contributed by atoms with E-state index in [-0.39, 0.29) is 13.0 Å². The first-order chi connectivity index (χ1) is 8.43. The molecule has 0 atom stereocenters. The highest BCUT2D eigenvalue weighted by molar-refractivity contribution is 5.83. The van der Waals surface area contributed by atoms with Crippen LogP contribution in [0.15, 0.2) is 42.0 Å². The Kier molecular flexibility index (Phi) is 4.95. The molecule has 0 aliphatic rings. The molecular formula is C13H13F3O2. The summed E-state index contributed by atoms with van der Waals surface area (Å²) in [5.41, 5.74) is -0.419. The largest absolute Gasteiger partial charge is 0.463 e. The Morgan fingerprint density at radius 1 is 1.28 bits per heavy atom. The van der Waals surface area contributed by atoms with Crippen LogP contribution in [0.25, 0.3) is 0 Å². The summed E-state index contributed by atoms with van der Waals surface area (Å²) in [7, 11) is 0. The van der Waals surface area contributed by atoms with Gasteiger partial charge in [-0.1, -0.05) is 30.3 Å². The molecule has 0 aromatic heterocycles. The lowest BCUT2D eigenvalue weighted by atomic mass is 10.0. The van der Waals surface area contributed by atoms with Gasteiger partial charge in [0, 0.05) is 18.1 Å². The number of carbonyl (C=O) groups excluding carboxylic acids is 1. The minimum Gasteiger partial charge on any atom is -0.463 e. The Morgan fingerprint density at radius 3 is 2.39 bits per heavy atom. The molecule has 0 heterocycles. The van der Waals surface area contributed by atoms with Crippen molar-refractivity contribution in [1.29, 1.82) is 0 Å². The third-order valence-corrected chi connectivity index (χ3v) is 2.18. The lowest BCUT2D eigenvalue weighted by Gasteiger charge is -2.11. The van der Waals surface area contributed by atoms with Crippen molar-refractivity contribution < 1.29 is 22.7 Å². The Labute approximate surface area is 103 Å². The van der Waals surface area contributed by atoms with E-state index in [1.54, 1.807) is 30.3 Å². The maximum absolute atomic E-state index is 12.7. The first-order valence-corrected chi connectivity index (χ1v) is 5.42. The Bertz CT molecular complexity index is 422. The molecule has 1 aromatic rings. The molecule has 0 aliphatic carbocycles. The quantitative estimate of drug-likeness (QED) is 0.612. The van der Waals surface area contributed by atoms with E-state index in [0.29, 0.717) is 11.6 Å². The molecule has 1 aromatic carbocycles. The molecular weight excluding hydrogens is 245 g/mol. The van der Waals surface area contributed by atoms with Crippen molar-refractivity contribution in [3.8, 4) is 0 Å². The molecule has 0 spiro atoms. The molecule has 0 saturated carbocycles. The number of hydrogen-bond donors (Lipinski definition) is 0. The summed E-state index contributed by atoms with van der Waals surface area (Å²) in [4.78, 5) is 11.1. The van der Waals surface area contributed by atoms with Gasteiger partial charge in [0.2, 0.25) is 0 Å². The van der Waals surface area contributed by atoms with Gasteiger partial charge in [-0.2, -0.15) is 13.2 Å². The highest BCUT2D eigenvalue weighted by Crippen LogP contribution is 2.28. The van der Waals surface area contributed by atoms with E-state index >= 15 is 0 Å². The van der Waals surface area contributed by atoms with Gasteiger partial charge in [-0.25, -0.2) is 4.79 Å². The SMILES string of the molecule is CCOC(=O)C=C(Cc1ccccc1)C(F)(F)F. The predicted molar refractivity (Wildman–Crippen MR) is 60.9 cm³/mol. The first-order valence-electron chi connectivity index (χ1n) is 5.42. The molecule has 0 N–H and O–H groups in total. The van der Waals surface area contributed by atoms with Crippen LogP contribution in [-0.4, -0.2) is 18.8 Å². The second-order valence-electron chi connectivity index (χ2n) is 3.58. The van der Waals surface area contributed by atoms with E-state index in [4.69, 9.17) is 0 Å². The van der Waals surface area contributed by atoms with E-state index in [2.05, 4.69) is 4.74 Å². The van der Waals surface area contributed by atoms with Crippen molar-refractivity contribution in [2.45, 2.75) is 19.5 Å². The van der Waals surface area contributed by atoms with Crippen molar-refractivity contribution in [3.05, 3.63) is 47.5 Å². The minimum atomic E-state index is -4.54. The van der Waals surface area contributed by atoms with Crippen LogP contribution >= 0.6 is 0 Å². The summed E-state index contributed by atoms with van der Waals surface area (Å²) in [6.45, 7) is 1.59. The zero-order valence-corrected chi connectivity index (χ0v) is 9.83. The number of esters is 1.